The second-order valence-corrected chi connectivity index (χ2v) is 6.63. The first-order valence-electron chi connectivity index (χ1n) is 4.72. The third-order valence-corrected chi connectivity index (χ3v) is 3.35. The van der Waals surface area contributed by atoms with Crippen molar-refractivity contribution in [1.29, 1.82) is 0 Å². The predicted octanol–water partition coefficient (Wildman–Crippen LogP) is 3.36. The third kappa shape index (κ3) is 3.77. The molecular weight excluding hydrogens is 249 g/mol. The molecule has 1 aromatic rings. The van der Waals surface area contributed by atoms with Crippen molar-refractivity contribution in [1.82, 2.24) is 0 Å². The average Bonchev–Trinajstić information content (AvgIpc) is 2.14. The van der Waals surface area contributed by atoms with Gasteiger partial charge in [-0.2, -0.15) is 0 Å². The van der Waals surface area contributed by atoms with Gasteiger partial charge >= 0.3 is 0 Å². The van der Waals surface area contributed by atoms with Crippen molar-refractivity contribution in [3.8, 4) is 0 Å². The molecule has 0 unspecified atom stereocenters. The number of benzene rings is 1. The molecule has 0 saturated heterocycles. The molecule has 0 amide bonds. The van der Waals surface area contributed by atoms with Crippen LogP contribution in [0.15, 0.2) is 22.6 Å². The molecule has 2 nitrogen and oxygen atoms in total. The Bertz CT molecular complexity index is 403. The molecule has 1 rings (SSSR count). The molecule has 0 heterocycles. The number of halogens is 2. The molecule has 0 aliphatic heterocycles. The summed E-state index contributed by atoms with van der Waals surface area (Å²) in [6.45, 7) is 5.41. The van der Waals surface area contributed by atoms with Crippen molar-refractivity contribution < 1.29 is 8.94 Å². The minimum atomic E-state index is -1.38. The molecule has 5 heteroatoms. The molecule has 0 N–H and O–H groups in total. The van der Waals surface area contributed by atoms with E-state index in [1.165, 1.54) is 18.3 Å². The van der Waals surface area contributed by atoms with E-state index < -0.39 is 21.9 Å². The lowest BCUT2D eigenvalue weighted by Gasteiger charge is -2.17. The molecule has 0 saturated carbocycles. The number of rotatable bonds is 2. The Labute approximate surface area is 103 Å². The van der Waals surface area contributed by atoms with Crippen LogP contribution >= 0.6 is 11.6 Å². The summed E-state index contributed by atoms with van der Waals surface area (Å²) in [6, 6.07) is 4.26. The Morgan fingerprint density at radius 1 is 1.44 bits per heavy atom. The maximum absolute atomic E-state index is 13.3. The van der Waals surface area contributed by atoms with E-state index in [0.717, 1.165) is 0 Å². The molecule has 0 aliphatic rings. The fraction of sp³-hybridized carbons (Fsp3) is 0.364. The highest BCUT2D eigenvalue weighted by molar-refractivity contribution is 7.91. The van der Waals surface area contributed by atoms with E-state index >= 15 is 0 Å². The average molecular weight is 262 g/mol. The normalized spacial score (nSPS) is 14.4. The van der Waals surface area contributed by atoms with Gasteiger partial charge in [-0.3, -0.25) is 0 Å². The van der Waals surface area contributed by atoms with Gasteiger partial charge in [0, 0.05) is 10.6 Å². The second-order valence-electron chi connectivity index (χ2n) is 4.26. The van der Waals surface area contributed by atoms with E-state index in [9.17, 15) is 8.94 Å². The zero-order valence-corrected chi connectivity index (χ0v) is 10.9. The summed E-state index contributed by atoms with van der Waals surface area (Å²) in [5, 5.41) is 0.326. The fourth-order valence-electron chi connectivity index (χ4n) is 0.869. The first-order valence-corrected chi connectivity index (χ1v) is 6.20. The van der Waals surface area contributed by atoms with Crippen molar-refractivity contribution in [2.75, 3.05) is 0 Å². The Hall–Kier alpha value is -0.580. The zero-order chi connectivity index (χ0) is 12.3. The Morgan fingerprint density at radius 3 is 2.56 bits per heavy atom. The maximum atomic E-state index is 13.3. The summed E-state index contributed by atoms with van der Waals surface area (Å²) in [6.07, 6.45) is 1.27. The molecule has 0 radical (unpaired) electrons. The van der Waals surface area contributed by atoms with E-state index in [-0.39, 0.29) is 5.56 Å². The van der Waals surface area contributed by atoms with Crippen LogP contribution in [0, 0.1) is 5.82 Å². The number of nitrogens with zero attached hydrogens (tertiary/aromatic N) is 1. The SMILES string of the molecule is CC(C)(C)[S@+]([O-])/N=C/c1ccc(Cl)cc1F. The number of hydrogen-bond acceptors (Lipinski definition) is 2. The van der Waals surface area contributed by atoms with Gasteiger partial charge in [0.2, 0.25) is 0 Å². The molecule has 1 atom stereocenters. The van der Waals surface area contributed by atoms with Crippen LogP contribution in [-0.4, -0.2) is 15.5 Å². The molecule has 1 aromatic carbocycles. The smallest absolute Gasteiger partial charge is 0.144 e. The van der Waals surface area contributed by atoms with Crippen molar-refractivity contribution >= 4 is 29.2 Å². The summed E-state index contributed by atoms with van der Waals surface area (Å²) in [4.78, 5) is 0. The van der Waals surface area contributed by atoms with Crippen LogP contribution < -0.4 is 0 Å². The van der Waals surface area contributed by atoms with Gasteiger partial charge in [-0.05, 0) is 39.0 Å². The molecular formula is C11H13ClFNOS. The van der Waals surface area contributed by atoms with Crippen LogP contribution in [0.4, 0.5) is 4.39 Å². The summed E-state index contributed by atoms with van der Waals surface area (Å²) >= 11 is 4.23. The van der Waals surface area contributed by atoms with E-state index in [1.807, 2.05) is 0 Å². The predicted molar refractivity (Wildman–Crippen MR) is 66.9 cm³/mol. The highest BCUT2D eigenvalue weighted by Crippen LogP contribution is 2.18. The molecule has 0 bridgehead atoms. The summed E-state index contributed by atoms with van der Waals surface area (Å²) < 4.78 is 28.3. The van der Waals surface area contributed by atoms with Crippen molar-refractivity contribution in [2.45, 2.75) is 25.5 Å². The topological polar surface area (TPSA) is 35.4 Å². The minimum absolute atomic E-state index is 0.280. The van der Waals surface area contributed by atoms with Gasteiger partial charge in [-0.15, -0.1) is 0 Å². The monoisotopic (exact) mass is 261 g/mol. The van der Waals surface area contributed by atoms with E-state index in [4.69, 9.17) is 11.6 Å². The highest BCUT2D eigenvalue weighted by Gasteiger charge is 2.25. The van der Waals surface area contributed by atoms with Gasteiger partial charge in [0.15, 0.2) is 0 Å². The lowest BCUT2D eigenvalue weighted by molar-refractivity contribution is 0.561. The molecule has 0 fully saturated rings. The maximum Gasteiger partial charge on any atom is 0.144 e. The van der Waals surface area contributed by atoms with Crippen LogP contribution in [0.3, 0.4) is 0 Å². The van der Waals surface area contributed by atoms with Gasteiger partial charge in [0.1, 0.15) is 21.9 Å². The molecule has 0 aliphatic carbocycles. The van der Waals surface area contributed by atoms with Crippen LogP contribution in [0.25, 0.3) is 0 Å². The zero-order valence-electron chi connectivity index (χ0n) is 9.33. The van der Waals surface area contributed by atoms with Gasteiger partial charge in [0.25, 0.3) is 0 Å². The molecule has 16 heavy (non-hydrogen) atoms. The quantitative estimate of drug-likeness (QED) is 0.594. The molecule has 0 spiro atoms. The standard InChI is InChI=1S/C11H13ClFNOS/c1-11(2,3)16(15)14-7-8-4-5-9(12)6-10(8)13/h4-7H,1-3H3/b14-7+/t16-/m0/s1. The highest BCUT2D eigenvalue weighted by atomic mass is 35.5. The van der Waals surface area contributed by atoms with Crippen LogP contribution in [0.1, 0.15) is 26.3 Å². The van der Waals surface area contributed by atoms with Crippen LogP contribution in [0.2, 0.25) is 5.02 Å². The van der Waals surface area contributed by atoms with Crippen molar-refractivity contribution in [3.05, 3.63) is 34.6 Å². The van der Waals surface area contributed by atoms with E-state index in [1.54, 1.807) is 26.8 Å². The van der Waals surface area contributed by atoms with Crippen LogP contribution in [-0.2, 0) is 11.4 Å². The first-order chi connectivity index (χ1) is 7.30. The summed E-state index contributed by atoms with van der Waals surface area (Å²) in [7, 11) is 0. The van der Waals surface area contributed by atoms with Gasteiger partial charge in [-0.1, -0.05) is 16.0 Å². The Morgan fingerprint density at radius 2 is 2.06 bits per heavy atom. The van der Waals surface area contributed by atoms with Crippen molar-refractivity contribution in [2.24, 2.45) is 4.40 Å². The van der Waals surface area contributed by atoms with Crippen LogP contribution in [0.5, 0.6) is 0 Å². The fourth-order valence-corrected chi connectivity index (χ4v) is 1.55. The van der Waals surface area contributed by atoms with Gasteiger partial charge < -0.3 is 4.55 Å². The summed E-state index contributed by atoms with van der Waals surface area (Å²) in [5.74, 6) is -0.470. The van der Waals surface area contributed by atoms with Crippen molar-refractivity contribution in [3.63, 3.8) is 0 Å². The lowest BCUT2D eigenvalue weighted by atomic mass is 10.2. The first kappa shape index (κ1) is 13.5. The molecule has 0 aromatic heterocycles. The minimum Gasteiger partial charge on any atom is -0.591 e. The Kier molecular flexibility index (Phi) is 4.35. The lowest BCUT2D eigenvalue weighted by Crippen LogP contribution is -2.25. The second kappa shape index (κ2) is 5.17. The number of hydrogen-bond donors (Lipinski definition) is 0. The largest absolute Gasteiger partial charge is 0.591 e. The summed E-state index contributed by atoms with van der Waals surface area (Å²) in [5.41, 5.74) is 0.280. The Balaban J connectivity index is 2.85. The molecule has 88 valence electrons. The van der Waals surface area contributed by atoms with Gasteiger partial charge in [-0.25, -0.2) is 4.39 Å². The van der Waals surface area contributed by atoms with E-state index in [0.29, 0.717) is 5.02 Å². The van der Waals surface area contributed by atoms with Gasteiger partial charge in [0.05, 0.1) is 6.21 Å². The van der Waals surface area contributed by atoms with E-state index in [2.05, 4.69) is 4.40 Å². The third-order valence-electron chi connectivity index (χ3n) is 1.77.